The maximum Gasteiger partial charge on any atom is 0.396 e. The van der Waals surface area contributed by atoms with Crippen molar-refractivity contribution in [2.45, 2.75) is 25.4 Å². The van der Waals surface area contributed by atoms with Crippen LogP contribution in [-0.4, -0.2) is 28.3 Å². The number of benzene rings is 4. The molecule has 208 valence electrons. The maximum absolute atomic E-state index is 14.0. The normalized spacial score (nSPS) is 14.4. The number of hydrogen-bond acceptors (Lipinski definition) is 4. The van der Waals surface area contributed by atoms with Gasteiger partial charge in [-0.15, -0.1) is 0 Å². The number of rotatable bonds is 7. The van der Waals surface area contributed by atoms with Gasteiger partial charge in [0.1, 0.15) is 5.75 Å². The molecule has 5 rings (SSSR count). The van der Waals surface area contributed by atoms with Crippen LogP contribution in [0.2, 0.25) is 0 Å². The number of hydrogen-bond donors (Lipinski definition) is 4. The Morgan fingerprint density at radius 3 is 2.46 bits per heavy atom. The number of alkyl halides is 3. The van der Waals surface area contributed by atoms with E-state index in [1.54, 1.807) is 73.7 Å². The Morgan fingerprint density at radius 2 is 1.73 bits per heavy atom. The molecule has 0 spiro atoms. The number of carboxylic acid groups (broad SMARTS) is 1. The molecule has 0 aliphatic carbocycles. The highest BCUT2D eigenvalue weighted by Gasteiger charge is 2.41. The van der Waals surface area contributed by atoms with Crippen molar-refractivity contribution in [2.24, 2.45) is 0 Å². The summed E-state index contributed by atoms with van der Waals surface area (Å²) < 4.78 is 42.1. The third-order valence-corrected chi connectivity index (χ3v) is 7.09. The van der Waals surface area contributed by atoms with E-state index in [9.17, 15) is 33.0 Å². The maximum atomic E-state index is 14.0. The third kappa shape index (κ3) is 5.65. The van der Waals surface area contributed by atoms with Gasteiger partial charge in [0, 0.05) is 23.0 Å². The standard InChI is InChI=1S/C32H25F3N2O4/c1-18-6-2-3-9-22(18)26(32(33,34)35)14-19-12-13-24-25(30(39)37-28(24)15-19)17-36-27-11-5-10-23(29(27)38)20-7-4-8-21(16-20)31(40)41/h2-13,15-17,26,36,38H,14H2,1H3,(H,37,39)(H,40,41). The Kier molecular flexibility index (Phi) is 7.28. The van der Waals surface area contributed by atoms with E-state index in [2.05, 4.69) is 10.6 Å². The quantitative estimate of drug-likeness (QED) is 0.140. The molecule has 1 unspecified atom stereocenters. The number of anilines is 2. The fourth-order valence-electron chi connectivity index (χ4n) is 4.99. The number of carbonyl (C=O) groups excluding carboxylic acids is 1. The van der Waals surface area contributed by atoms with Crippen LogP contribution >= 0.6 is 0 Å². The van der Waals surface area contributed by atoms with Gasteiger partial charge in [-0.05, 0) is 59.9 Å². The van der Waals surface area contributed by atoms with Crippen LogP contribution in [0, 0.1) is 6.92 Å². The average Bonchev–Trinajstić information content (AvgIpc) is 3.25. The number of aromatic hydroxyl groups is 1. The summed E-state index contributed by atoms with van der Waals surface area (Å²) in [4.78, 5) is 24.1. The lowest BCUT2D eigenvalue weighted by Gasteiger charge is -2.22. The second kappa shape index (κ2) is 10.8. The molecule has 0 radical (unpaired) electrons. The third-order valence-electron chi connectivity index (χ3n) is 7.09. The Hall–Kier alpha value is -5.05. The van der Waals surface area contributed by atoms with Crippen LogP contribution < -0.4 is 10.6 Å². The lowest BCUT2D eigenvalue weighted by Crippen LogP contribution is -2.23. The zero-order valence-corrected chi connectivity index (χ0v) is 21.8. The molecule has 4 aromatic carbocycles. The van der Waals surface area contributed by atoms with Crippen LogP contribution in [0.25, 0.3) is 16.7 Å². The van der Waals surface area contributed by atoms with E-state index in [1.807, 2.05) is 0 Å². The minimum Gasteiger partial charge on any atom is -0.505 e. The van der Waals surface area contributed by atoms with Crippen molar-refractivity contribution in [1.82, 2.24) is 0 Å². The van der Waals surface area contributed by atoms with Gasteiger partial charge in [0.05, 0.1) is 22.7 Å². The van der Waals surface area contributed by atoms with Gasteiger partial charge in [-0.25, -0.2) is 4.79 Å². The summed E-state index contributed by atoms with van der Waals surface area (Å²) in [6.45, 7) is 1.65. The van der Waals surface area contributed by atoms with Gasteiger partial charge in [0.25, 0.3) is 5.91 Å². The molecule has 6 nitrogen and oxygen atoms in total. The van der Waals surface area contributed by atoms with Crippen molar-refractivity contribution in [3.63, 3.8) is 0 Å². The van der Waals surface area contributed by atoms with Crippen LogP contribution in [0.3, 0.4) is 0 Å². The SMILES string of the molecule is Cc1ccccc1C(Cc1ccc2c(c1)NC(=O)C2=CNc1cccc(-c2cccc(C(=O)O)c2)c1O)C(F)(F)F. The highest BCUT2D eigenvalue weighted by Crippen LogP contribution is 2.41. The number of para-hydroxylation sites is 1. The molecule has 1 heterocycles. The molecule has 0 saturated carbocycles. The molecule has 1 aliphatic rings. The number of amides is 1. The van der Waals surface area contributed by atoms with Crippen LogP contribution in [-0.2, 0) is 11.2 Å². The lowest BCUT2D eigenvalue weighted by atomic mass is 9.88. The molecule has 0 fully saturated rings. The smallest absolute Gasteiger partial charge is 0.396 e. The largest absolute Gasteiger partial charge is 0.505 e. The van der Waals surface area contributed by atoms with Crippen molar-refractivity contribution >= 4 is 28.8 Å². The number of halogens is 3. The van der Waals surface area contributed by atoms with Gasteiger partial charge >= 0.3 is 12.1 Å². The second-order valence-electron chi connectivity index (χ2n) is 9.78. The summed E-state index contributed by atoms with van der Waals surface area (Å²) in [7, 11) is 0. The topological polar surface area (TPSA) is 98.7 Å². The van der Waals surface area contributed by atoms with E-state index in [1.165, 1.54) is 24.4 Å². The molecule has 4 aromatic rings. The minimum atomic E-state index is -4.45. The van der Waals surface area contributed by atoms with E-state index in [4.69, 9.17) is 0 Å². The lowest BCUT2D eigenvalue weighted by molar-refractivity contribution is -0.150. The summed E-state index contributed by atoms with van der Waals surface area (Å²) in [5.41, 5.74) is 3.59. The molecule has 41 heavy (non-hydrogen) atoms. The van der Waals surface area contributed by atoms with E-state index in [-0.39, 0.29) is 34.6 Å². The van der Waals surface area contributed by atoms with Crippen LogP contribution in [0.1, 0.15) is 38.5 Å². The number of phenols is 1. The predicted octanol–water partition coefficient (Wildman–Crippen LogP) is 7.36. The summed E-state index contributed by atoms with van der Waals surface area (Å²) in [6.07, 6.45) is -3.31. The minimum absolute atomic E-state index is 0.0708. The zero-order chi connectivity index (χ0) is 29.3. The number of carboxylic acids is 1. The molecule has 1 aliphatic heterocycles. The van der Waals surface area contributed by atoms with Gasteiger partial charge < -0.3 is 20.8 Å². The first kappa shape index (κ1) is 27.5. The Bertz CT molecular complexity index is 1690. The molecular formula is C32H25F3N2O4. The van der Waals surface area contributed by atoms with Crippen molar-refractivity contribution in [1.29, 1.82) is 0 Å². The molecule has 0 bridgehead atoms. The number of aryl methyl sites for hydroxylation is 1. The number of nitrogens with one attached hydrogen (secondary N) is 2. The first-order valence-corrected chi connectivity index (χ1v) is 12.7. The predicted molar refractivity (Wildman–Crippen MR) is 151 cm³/mol. The number of fused-ring (bicyclic) bond motifs is 1. The highest BCUT2D eigenvalue weighted by atomic mass is 19.4. The number of aromatic carboxylic acids is 1. The average molecular weight is 559 g/mol. The Morgan fingerprint density at radius 1 is 0.976 bits per heavy atom. The van der Waals surface area contributed by atoms with Gasteiger partial charge in [-0.3, -0.25) is 4.79 Å². The first-order chi connectivity index (χ1) is 19.5. The van der Waals surface area contributed by atoms with Crippen molar-refractivity contribution < 1.29 is 33.0 Å². The van der Waals surface area contributed by atoms with Crippen molar-refractivity contribution in [3.05, 3.63) is 119 Å². The fraction of sp³-hybridized carbons (Fsp3) is 0.125. The molecule has 1 atom stereocenters. The first-order valence-electron chi connectivity index (χ1n) is 12.7. The zero-order valence-electron chi connectivity index (χ0n) is 21.8. The van der Waals surface area contributed by atoms with Crippen LogP contribution in [0.15, 0.2) is 91.1 Å². The summed E-state index contributed by atoms with van der Waals surface area (Å²) in [5, 5.41) is 25.8. The Balaban J connectivity index is 1.40. The fourth-order valence-corrected chi connectivity index (χ4v) is 4.99. The number of phenolic OH excluding ortho intramolecular Hbond substituents is 1. The van der Waals surface area contributed by atoms with Crippen LogP contribution in [0.4, 0.5) is 24.5 Å². The molecule has 0 saturated heterocycles. The molecule has 0 aromatic heterocycles. The summed E-state index contributed by atoms with van der Waals surface area (Å²) >= 11 is 0. The van der Waals surface area contributed by atoms with E-state index in [0.29, 0.717) is 33.5 Å². The van der Waals surface area contributed by atoms with Gasteiger partial charge in [0.15, 0.2) is 0 Å². The van der Waals surface area contributed by atoms with Crippen molar-refractivity contribution in [3.8, 4) is 16.9 Å². The van der Waals surface area contributed by atoms with E-state index in [0.717, 1.165) is 0 Å². The monoisotopic (exact) mass is 558 g/mol. The molecule has 1 amide bonds. The Labute approximate surface area is 233 Å². The molecular weight excluding hydrogens is 533 g/mol. The van der Waals surface area contributed by atoms with Crippen molar-refractivity contribution in [2.75, 3.05) is 10.6 Å². The molecule has 9 heteroatoms. The molecule has 4 N–H and O–H groups in total. The number of carbonyl (C=O) groups is 2. The van der Waals surface area contributed by atoms with E-state index >= 15 is 0 Å². The van der Waals surface area contributed by atoms with Gasteiger partial charge in [-0.1, -0.05) is 60.7 Å². The highest BCUT2D eigenvalue weighted by molar-refractivity contribution is 6.31. The van der Waals surface area contributed by atoms with Gasteiger partial charge in [0.2, 0.25) is 0 Å². The van der Waals surface area contributed by atoms with Crippen LogP contribution in [0.5, 0.6) is 5.75 Å². The van der Waals surface area contributed by atoms with Gasteiger partial charge in [-0.2, -0.15) is 13.2 Å². The second-order valence-corrected chi connectivity index (χ2v) is 9.78. The summed E-state index contributed by atoms with van der Waals surface area (Å²) in [6, 6.07) is 22.2. The summed E-state index contributed by atoms with van der Waals surface area (Å²) in [5.74, 6) is -3.37. The van der Waals surface area contributed by atoms with E-state index < -0.39 is 24.0 Å².